The van der Waals surface area contributed by atoms with Crippen molar-refractivity contribution < 1.29 is 4.79 Å². The van der Waals surface area contributed by atoms with E-state index in [-0.39, 0.29) is 6.03 Å². The van der Waals surface area contributed by atoms with Gasteiger partial charge >= 0.3 is 6.03 Å². The summed E-state index contributed by atoms with van der Waals surface area (Å²) < 4.78 is 0. The number of carbonyl (C=O) groups excluding carboxylic acids is 1. The van der Waals surface area contributed by atoms with E-state index in [1.54, 1.807) is 19.0 Å². The van der Waals surface area contributed by atoms with Gasteiger partial charge in [-0.1, -0.05) is 29.3 Å². The van der Waals surface area contributed by atoms with E-state index in [4.69, 9.17) is 23.2 Å². The van der Waals surface area contributed by atoms with Gasteiger partial charge in [0.2, 0.25) is 0 Å². The zero-order chi connectivity index (χ0) is 22.0. The van der Waals surface area contributed by atoms with Crippen molar-refractivity contribution in [3.05, 3.63) is 28.2 Å². The van der Waals surface area contributed by atoms with Crippen LogP contribution in [0.3, 0.4) is 0 Å². The summed E-state index contributed by atoms with van der Waals surface area (Å²) in [5.41, 5.74) is 1.08. The third-order valence-electron chi connectivity index (χ3n) is 7.38. The normalized spacial score (nSPS) is 27.2. The average molecular weight is 467 g/mol. The smallest absolute Gasteiger partial charge is 0.317 e. The Morgan fingerprint density at radius 2 is 1.84 bits per heavy atom. The van der Waals surface area contributed by atoms with E-state index in [0.717, 1.165) is 50.0 Å². The Hall–Kier alpha value is -1.17. The fraction of sp³-hybridized carbons (Fsp3) is 0.708. The molecule has 0 bridgehead atoms. The van der Waals surface area contributed by atoms with Crippen LogP contribution in [-0.4, -0.2) is 68.2 Å². The van der Waals surface area contributed by atoms with E-state index in [9.17, 15) is 4.79 Å². The van der Waals surface area contributed by atoms with Gasteiger partial charge in [-0.3, -0.25) is 4.90 Å². The third kappa shape index (κ3) is 5.80. The molecule has 1 saturated heterocycles. The molecule has 1 unspecified atom stereocenters. The van der Waals surface area contributed by atoms with Crippen molar-refractivity contribution in [1.82, 2.24) is 15.1 Å². The van der Waals surface area contributed by atoms with Gasteiger partial charge in [0.05, 0.1) is 15.7 Å². The topological polar surface area (TPSA) is 38.8 Å². The molecule has 1 heterocycles. The van der Waals surface area contributed by atoms with Gasteiger partial charge in [0, 0.05) is 45.8 Å². The fourth-order valence-electron chi connectivity index (χ4n) is 5.26. The maximum atomic E-state index is 11.9. The first-order chi connectivity index (χ1) is 14.9. The summed E-state index contributed by atoms with van der Waals surface area (Å²) in [6, 6.07) is 6.97. The van der Waals surface area contributed by atoms with E-state index in [1.807, 2.05) is 12.1 Å². The molecule has 2 amide bonds. The Bertz CT molecular complexity index is 762. The second-order valence-corrected chi connectivity index (χ2v) is 10.6. The van der Waals surface area contributed by atoms with Gasteiger partial charge in [0.1, 0.15) is 0 Å². The number of piperazine rings is 1. The molecule has 1 aromatic carbocycles. The number of carbonyl (C=O) groups is 1. The highest BCUT2D eigenvalue weighted by Gasteiger charge is 2.39. The number of nitrogens with one attached hydrogen (secondary N) is 1. The van der Waals surface area contributed by atoms with Crippen LogP contribution in [0.15, 0.2) is 18.2 Å². The van der Waals surface area contributed by atoms with E-state index in [1.165, 1.54) is 38.6 Å². The molecule has 1 aromatic rings. The second-order valence-electron chi connectivity index (χ2n) is 9.81. The molecule has 3 aliphatic rings. The van der Waals surface area contributed by atoms with Crippen LogP contribution in [0.5, 0.6) is 0 Å². The summed E-state index contributed by atoms with van der Waals surface area (Å²) in [5.74, 6) is 1.62. The number of nitrogens with zero attached hydrogens (tertiary/aromatic N) is 3. The Morgan fingerprint density at radius 1 is 1.10 bits per heavy atom. The van der Waals surface area contributed by atoms with Crippen molar-refractivity contribution in [3.8, 4) is 0 Å². The molecular formula is C24H36Cl2N4O. The van der Waals surface area contributed by atoms with Crippen LogP contribution in [0, 0.1) is 11.8 Å². The Balaban J connectivity index is 1.27. The first-order valence-electron chi connectivity index (χ1n) is 11.8. The molecule has 1 atom stereocenters. The van der Waals surface area contributed by atoms with Gasteiger partial charge in [-0.2, -0.15) is 0 Å². The summed E-state index contributed by atoms with van der Waals surface area (Å²) >= 11 is 12.8. The number of anilines is 1. The molecule has 0 radical (unpaired) electrons. The van der Waals surface area contributed by atoms with Crippen LogP contribution < -0.4 is 10.2 Å². The fourth-order valence-corrected chi connectivity index (χ4v) is 5.67. The number of halogens is 2. The predicted molar refractivity (Wildman–Crippen MR) is 129 cm³/mol. The van der Waals surface area contributed by atoms with Gasteiger partial charge in [-0.25, -0.2) is 4.79 Å². The monoisotopic (exact) mass is 466 g/mol. The van der Waals surface area contributed by atoms with Gasteiger partial charge in [0.15, 0.2) is 0 Å². The van der Waals surface area contributed by atoms with Crippen LogP contribution in [0.1, 0.15) is 44.9 Å². The van der Waals surface area contributed by atoms with Gasteiger partial charge in [0.25, 0.3) is 0 Å². The third-order valence-corrected chi connectivity index (χ3v) is 8.19. The molecule has 1 N–H and O–H groups in total. The Morgan fingerprint density at radius 3 is 2.52 bits per heavy atom. The molecule has 0 spiro atoms. The van der Waals surface area contributed by atoms with Crippen LogP contribution in [-0.2, 0) is 0 Å². The first kappa shape index (κ1) is 23.0. The molecular weight excluding hydrogens is 431 g/mol. The lowest BCUT2D eigenvalue weighted by Gasteiger charge is -2.44. The van der Waals surface area contributed by atoms with Crippen LogP contribution in [0.25, 0.3) is 0 Å². The maximum Gasteiger partial charge on any atom is 0.317 e. The molecule has 5 nitrogen and oxygen atoms in total. The molecule has 4 rings (SSSR count). The SMILES string of the molecule is CN(C)C(=O)NC1CCC(CCN2CCN(c3cccc(Cl)c3Cl)CC2C2CC2)CC1. The van der Waals surface area contributed by atoms with Gasteiger partial charge < -0.3 is 15.1 Å². The summed E-state index contributed by atoms with van der Waals surface area (Å²) in [5, 5.41) is 4.48. The molecule has 7 heteroatoms. The van der Waals surface area contributed by atoms with Gasteiger partial charge in [-0.15, -0.1) is 0 Å². The lowest BCUT2D eigenvalue weighted by atomic mass is 9.84. The summed E-state index contributed by atoms with van der Waals surface area (Å²) in [7, 11) is 3.61. The minimum absolute atomic E-state index is 0.0356. The Kier molecular flexibility index (Phi) is 7.56. The first-order valence-corrected chi connectivity index (χ1v) is 12.6. The highest BCUT2D eigenvalue weighted by atomic mass is 35.5. The quantitative estimate of drug-likeness (QED) is 0.632. The van der Waals surface area contributed by atoms with Crippen molar-refractivity contribution in [2.45, 2.75) is 57.0 Å². The predicted octanol–water partition coefficient (Wildman–Crippen LogP) is 5.11. The second kappa shape index (κ2) is 10.2. The lowest BCUT2D eigenvalue weighted by molar-refractivity contribution is 0.139. The number of amides is 2. The molecule has 2 saturated carbocycles. The molecule has 2 aliphatic carbocycles. The van der Waals surface area contributed by atoms with E-state index in [2.05, 4.69) is 21.2 Å². The largest absolute Gasteiger partial charge is 0.367 e. The molecule has 0 aromatic heterocycles. The zero-order valence-electron chi connectivity index (χ0n) is 18.8. The zero-order valence-corrected chi connectivity index (χ0v) is 20.3. The van der Waals surface area contributed by atoms with Crippen LogP contribution in [0.4, 0.5) is 10.5 Å². The van der Waals surface area contributed by atoms with Crippen molar-refractivity contribution in [1.29, 1.82) is 0 Å². The van der Waals surface area contributed by atoms with Gasteiger partial charge in [-0.05, 0) is 75.5 Å². The number of urea groups is 1. The summed E-state index contributed by atoms with van der Waals surface area (Å²) in [6.45, 7) is 4.34. The molecule has 172 valence electrons. The minimum Gasteiger partial charge on any atom is -0.367 e. The standard InChI is InChI=1S/C24H36Cl2N4O/c1-28(2)24(31)27-19-10-6-17(7-11-19)12-13-29-14-15-30(16-22(29)18-8-9-18)21-5-3-4-20(25)23(21)26/h3-5,17-19,22H,6-16H2,1-2H3,(H,27,31). The highest BCUT2D eigenvalue weighted by Crippen LogP contribution is 2.40. The van der Waals surface area contributed by atoms with Crippen LogP contribution in [0.2, 0.25) is 10.0 Å². The van der Waals surface area contributed by atoms with Crippen molar-refractivity contribution in [2.75, 3.05) is 45.2 Å². The average Bonchev–Trinajstić information content (AvgIpc) is 3.60. The maximum absolute atomic E-state index is 11.9. The summed E-state index contributed by atoms with van der Waals surface area (Å²) in [6.07, 6.45) is 8.66. The van der Waals surface area contributed by atoms with Crippen molar-refractivity contribution >= 4 is 34.9 Å². The highest BCUT2D eigenvalue weighted by molar-refractivity contribution is 6.43. The number of hydrogen-bond acceptors (Lipinski definition) is 3. The number of hydrogen-bond donors (Lipinski definition) is 1. The van der Waals surface area contributed by atoms with E-state index < -0.39 is 0 Å². The minimum atomic E-state index is 0.0356. The lowest BCUT2D eigenvalue weighted by Crippen LogP contribution is -2.54. The van der Waals surface area contributed by atoms with Crippen molar-refractivity contribution in [2.24, 2.45) is 11.8 Å². The molecule has 3 fully saturated rings. The molecule has 1 aliphatic heterocycles. The Labute approximate surface area is 197 Å². The molecule has 31 heavy (non-hydrogen) atoms. The van der Waals surface area contributed by atoms with E-state index >= 15 is 0 Å². The number of benzene rings is 1. The van der Waals surface area contributed by atoms with Crippen LogP contribution >= 0.6 is 23.2 Å². The van der Waals surface area contributed by atoms with E-state index in [0.29, 0.717) is 22.1 Å². The summed E-state index contributed by atoms with van der Waals surface area (Å²) in [4.78, 5) is 18.7. The number of rotatable bonds is 6. The van der Waals surface area contributed by atoms with Crippen molar-refractivity contribution in [3.63, 3.8) is 0 Å².